The second-order valence-corrected chi connectivity index (χ2v) is 3.91. The Kier molecular flexibility index (Phi) is 4.51. The molecule has 0 radical (unpaired) electrons. The molecule has 2 unspecified atom stereocenters. The van der Waals surface area contributed by atoms with E-state index < -0.39 is 0 Å². The minimum absolute atomic E-state index is 0.599. The topological polar surface area (TPSA) is 12.0 Å². The SMILES string of the molecule is CCC(C)C(CC)Nc1ccccc1. The largest absolute Gasteiger partial charge is 0.382 e. The van der Waals surface area contributed by atoms with Crippen LogP contribution in [0.5, 0.6) is 0 Å². The lowest BCUT2D eigenvalue weighted by Crippen LogP contribution is -2.25. The van der Waals surface area contributed by atoms with Crippen LogP contribution in [0, 0.1) is 5.92 Å². The van der Waals surface area contributed by atoms with Crippen LogP contribution in [-0.2, 0) is 0 Å². The predicted octanol–water partition coefficient (Wildman–Crippen LogP) is 3.92. The molecule has 1 aromatic rings. The summed E-state index contributed by atoms with van der Waals surface area (Å²) in [7, 11) is 0. The van der Waals surface area contributed by atoms with Crippen LogP contribution < -0.4 is 5.32 Å². The van der Waals surface area contributed by atoms with Gasteiger partial charge in [0.25, 0.3) is 0 Å². The molecule has 1 nitrogen and oxygen atoms in total. The summed E-state index contributed by atoms with van der Waals surface area (Å²) >= 11 is 0. The first-order valence-electron chi connectivity index (χ1n) is 5.59. The van der Waals surface area contributed by atoms with Crippen LogP contribution in [0.2, 0.25) is 0 Å². The fourth-order valence-electron chi connectivity index (χ4n) is 1.68. The summed E-state index contributed by atoms with van der Waals surface area (Å²) < 4.78 is 0. The van der Waals surface area contributed by atoms with Crippen molar-refractivity contribution in [3.8, 4) is 0 Å². The molecule has 1 N–H and O–H groups in total. The van der Waals surface area contributed by atoms with Gasteiger partial charge >= 0.3 is 0 Å². The van der Waals surface area contributed by atoms with Crippen molar-refractivity contribution < 1.29 is 0 Å². The zero-order chi connectivity index (χ0) is 10.4. The van der Waals surface area contributed by atoms with Crippen LogP contribution in [0.3, 0.4) is 0 Å². The third kappa shape index (κ3) is 3.06. The van der Waals surface area contributed by atoms with Crippen LogP contribution in [0.25, 0.3) is 0 Å². The van der Waals surface area contributed by atoms with E-state index in [1.54, 1.807) is 0 Å². The van der Waals surface area contributed by atoms with Crippen molar-refractivity contribution in [2.45, 2.75) is 39.7 Å². The first-order valence-corrected chi connectivity index (χ1v) is 5.59. The Morgan fingerprint density at radius 2 is 1.71 bits per heavy atom. The van der Waals surface area contributed by atoms with Gasteiger partial charge in [-0.1, -0.05) is 45.4 Å². The highest BCUT2D eigenvalue weighted by Gasteiger charge is 2.12. The van der Waals surface area contributed by atoms with Crippen molar-refractivity contribution >= 4 is 5.69 Å². The highest BCUT2D eigenvalue weighted by Crippen LogP contribution is 2.16. The number of nitrogens with one attached hydrogen (secondary N) is 1. The summed E-state index contributed by atoms with van der Waals surface area (Å²) in [5, 5.41) is 3.58. The Morgan fingerprint density at radius 1 is 1.07 bits per heavy atom. The molecule has 0 aliphatic rings. The van der Waals surface area contributed by atoms with Gasteiger partial charge in [0, 0.05) is 11.7 Å². The zero-order valence-electron chi connectivity index (χ0n) is 9.46. The lowest BCUT2D eigenvalue weighted by atomic mass is 9.97. The summed E-state index contributed by atoms with van der Waals surface area (Å²) in [4.78, 5) is 0. The molecule has 1 heteroatoms. The molecule has 0 aliphatic heterocycles. The van der Waals surface area contributed by atoms with Gasteiger partial charge in [-0.25, -0.2) is 0 Å². The van der Waals surface area contributed by atoms with E-state index in [1.165, 1.54) is 18.5 Å². The Hall–Kier alpha value is -0.980. The van der Waals surface area contributed by atoms with Crippen LogP contribution in [0.1, 0.15) is 33.6 Å². The van der Waals surface area contributed by atoms with Crippen LogP contribution in [0.4, 0.5) is 5.69 Å². The minimum Gasteiger partial charge on any atom is -0.382 e. The van der Waals surface area contributed by atoms with Gasteiger partial charge < -0.3 is 5.32 Å². The van der Waals surface area contributed by atoms with E-state index in [4.69, 9.17) is 0 Å². The van der Waals surface area contributed by atoms with E-state index in [2.05, 4.69) is 56.4 Å². The molecule has 0 fully saturated rings. The number of para-hydroxylation sites is 1. The van der Waals surface area contributed by atoms with Crippen molar-refractivity contribution in [3.63, 3.8) is 0 Å². The van der Waals surface area contributed by atoms with E-state index in [9.17, 15) is 0 Å². The van der Waals surface area contributed by atoms with Crippen LogP contribution in [0.15, 0.2) is 30.3 Å². The van der Waals surface area contributed by atoms with E-state index in [0.717, 1.165) is 5.92 Å². The van der Waals surface area contributed by atoms with E-state index in [-0.39, 0.29) is 0 Å². The summed E-state index contributed by atoms with van der Waals surface area (Å²) in [6.07, 6.45) is 2.42. The first-order chi connectivity index (χ1) is 6.77. The number of anilines is 1. The van der Waals surface area contributed by atoms with Gasteiger partial charge in [0.1, 0.15) is 0 Å². The molecule has 0 aromatic heterocycles. The maximum absolute atomic E-state index is 3.58. The number of rotatable bonds is 5. The molecule has 0 heterocycles. The number of hydrogen-bond donors (Lipinski definition) is 1. The molecule has 0 bridgehead atoms. The fourth-order valence-corrected chi connectivity index (χ4v) is 1.68. The Bertz CT molecular complexity index is 243. The summed E-state index contributed by atoms with van der Waals surface area (Å²) in [6, 6.07) is 11.1. The van der Waals surface area contributed by atoms with Crippen molar-refractivity contribution in [1.82, 2.24) is 0 Å². The second kappa shape index (κ2) is 5.69. The van der Waals surface area contributed by atoms with Crippen molar-refractivity contribution in [1.29, 1.82) is 0 Å². The van der Waals surface area contributed by atoms with Crippen LogP contribution >= 0.6 is 0 Å². The summed E-state index contributed by atoms with van der Waals surface area (Å²) in [5.41, 5.74) is 1.24. The number of hydrogen-bond acceptors (Lipinski definition) is 1. The molecule has 1 rings (SSSR count). The molecule has 0 amide bonds. The first kappa shape index (κ1) is 11.1. The third-order valence-corrected chi connectivity index (χ3v) is 2.90. The van der Waals surface area contributed by atoms with Crippen molar-refractivity contribution in [2.75, 3.05) is 5.32 Å². The van der Waals surface area contributed by atoms with Gasteiger partial charge in [-0.05, 0) is 24.5 Å². The van der Waals surface area contributed by atoms with Gasteiger partial charge in [-0.2, -0.15) is 0 Å². The minimum atomic E-state index is 0.599. The van der Waals surface area contributed by atoms with E-state index in [1.807, 2.05) is 0 Å². The van der Waals surface area contributed by atoms with Crippen molar-refractivity contribution in [3.05, 3.63) is 30.3 Å². The second-order valence-electron chi connectivity index (χ2n) is 3.91. The maximum Gasteiger partial charge on any atom is 0.0342 e. The zero-order valence-corrected chi connectivity index (χ0v) is 9.46. The van der Waals surface area contributed by atoms with Crippen molar-refractivity contribution in [2.24, 2.45) is 5.92 Å². The summed E-state index contributed by atoms with van der Waals surface area (Å²) in [5.74, 6) is 0.736. The number of benzene rings is 1. The molecule has 0 spiro atoms. The smallest absolute Gasteiger partial charge is 0.0342 e. The fraction of sp³-hybridized carbons (Fsp3) is 0.538. The molecule has 1 aromatic carbocycles. The average Bonchev–Trinajstić information content (AvgIpc) is 2.26. The van der Waals surface area contributed by atoms with Gasteiger partial charge in [0.05, 0.1) is 0 Å². The maximum atomic E-state index is 3.58. The standard InChI is InChI=1S/C13H21N/c1-4-11(3)13(5-2)14-12-9-7-6-8-10-12/h6-11,13-14H,4-5H2,1-3H3. The van der Waals surface area contributed by atoms with Gasteiger partial charge in [-0.3, -0.25) is 0 Å². The van der Waals surface area contributed by atoms with E-state index >= 15 is 0 Å². The molecular formula is C13H21N. The van der Waals surface area contributed by atoms with Gasteiger partial charge in [0.2, 0.25) is 0 Å². The lowest BCUT2D eigenvalue weighted by molar-refractivity contribution is 0.458. The van der Waals surface area contributed by atoms with E-state index in [0.29, 0.717) is 6.04 Å². The average molecular weight is 191 g/mol. The lowest BCUT2D eigenvalue weighted by Gasteiger charge is -2.23. The monoisotopic (exact) mass is 191 g/mol. The Morgan fingerprint density at radius 3 is 2.21 bits per heavy atom. The van der Waals surface area contributed by atoms with Gasteiger partial charge in [0.15, 0.2) is 0 Å². The third-order valence-electron chi connectivity index (χ3n) is 2.90. The highest BCUT2D eigenvalue weighted by atomic mass is 14.9. The normalized spacial score (nSPS) is 14.8. The van der Waals surface area contributed by atoms with Gasteiger partial charge in [-0.15, -0.1) is 0 Å². The summed E-state index contributed by atoms with van der Waals surface area (Å²) in [6.45, 7) is 6.80. The van der Waals surface area contributed by atoms with Crippen LogP contribution in [-0.4, -0.2) is 6.04 Å². The molecule has 0 saturated heterocycles. The molecule has 78 valence electrons. The Balaban J connectivity index is 2.57. The predicted molar refractivity (Wildman–Crippen MR) is 63.6 cm³/mol. The molecule has 0 aliphatic carbocycles. The highest BCUT2D eigenvalue weighted by molar-refractivity contribution is 5.43. The molecule has 0 saturated carbocycles. The Labute approximate surface area is 87.5 Å². The molecule has 14 heavy (non-hydrogen) atoms. The molecular weight excluding hydrogens is 170 g/mol. The quantitative estimate of drug-likeness (QED) is 0.743. The molecule has 2 atom stereocenters.